The zero-order valence-corrected chi connectivity index (χ0v) is 13.3. The van der Waals surface area contributed by atoms with Gasteiger partial charge in [-0.3, -0.25) is 4.79 Å². The third-order valence-corrected chi connectivity index (χ3v) is 4.81. The fraction of sp³-hybridized carbons (Fsp3) is 0.562. The van der Waals surface area contributed by atoms with Crippen molar-refractivity contribution in [2.75, 3.05) is 0 Å². The van der Waals surface area contributed by atoms with Crippen molar-refractivity contribution in [1.29, 1.82) is 0 Å². The molecular formula is C16H24N2OS. The van der Waals surface area contributed by atoms with Crippen LogP contribution in [0.5, 0.6) is 0 Å². The van der Waals surface area contributed by atoms with Crippen molar-refractivity contribution >= 4 is 17.7 Å². The second-order valence-corrected chi connectivity index (χ2v) is 7.57. The molecule has 0 aliphatic heterocycles. The van der Waals surface area contributed by atoms with Gasteiger partial charge < -0.3 is 11.1 Å². The first-order valence-electron chi connectivity index (χ1n) is 7.20. The van der Waals surface area contributed by atoms with Gasteiger partial charge >= 0.3 is 0 Å². The van der Waals surface area contributed by atoms with Crippen LogP contribution in [0.25, 0.3) is 0 Å². The molecule has 2 unspecified atom stereocenters. The Kier molecular flexibility index (Phi) is 4.76. The maximum absolute atomic E-state index is 11.8. The first kappa shape index (κ1) is 15.4. The average molecular weight is 292 g/mol. The van der Waals surface area contributed by atoms with Gasteiger partial charge in [0.05, 0.1) is 5.54 Å². The normalized spacial score (nSPS) is 19.4. The van der Waals surface area contributed by atoms with Crippen LogP contribution in [0.3, 0.4) is 0 Å². The largest absolute Gasteiger partial charge is 0.368 e. The second-order valence-electron chi connectivity index (χ2n) is 6.06. The summed E-state index contributed by atoms with van der Waals surface area (Å²) < 4.78 is 0. The third kappa shape index (κ3) is 4.25. The lowest BCUT2D eigenvalue weighted by Crippen LogP contribution is -2.55. The van der Waals surface area contributed by atoms with Gasteiger partial charge in [-0.15, -0.1) is 11.8 Å². The van der Waals surface area contributed by atoms with E-state index < -0.39 is 5.54 Å². The summed E-state index contributed by atoms with van der Waals surface area (Å²) in [5.74, 6) is -0.249. The van der Waals surface area contributed by atoms with Crippen molar-refractivity contribution in [3.63, 3.8) is 0 Å². The molecule has 110 valence electrons. The molecule has 1 aromatic carbocycles. The molecule has 0 spiro atoms. The molecule has 0 aromatic heterocycles. The number of carbonyl (C=O) groups excluding carboxylic acids is 1. The molecular weight excluding hydrogens is 268 g/mol. The number of hydrogen-bond donors (Lipinski definition) is 2. The van der Waals surface area contributed by atoms with Crippen molar-refractivity contribution in [2.45, 2.75) is 61.8 Å². The average Bonchev–Trinajstić information content (AvgIpc) is 3.15. The Morgan fingerprint density at radius 2 is 2.05 bits per heavy atom. The quantitative estimate of drug-likeness (QED) is 0.760. The summed E-state index contributed by atoms with van der Waals surface area (Å²) in [7, 11) is 0. The lowest BCUT2D eigenvalue weighted by atomic mass is 9.95. The van der Waals surface area contributed by atoms with Gasteiger partial charge in [0, 0.05) is 16.2 Å². The van der Waals surface area contributed by atoms with Crippen LogP contribution >= 0.6 is 11.8 Å². The molecule has 0 heterocycles. The zero-order valence-electron chi connectivity index (χ0n) is 12.5. The number of nitrogens with one attached hydrogen (secondary N) is 1. The highest BCUT2D eigenvalue weighted by Gasteiger charge is 2.38. The number of amides is 1. The van der Waals surface area contributed by atoms with Gasteiger partial charge in [-0.05, 0) is 45.2 Å². The molecule has 20 heavy (non-hydrogen) atoms. The predicted molar refractivity (Wildman–Crippen MR) is 84.9 cm³/mol. The zero-order chi connectivity index (χ0) is 14.8. The van der Waals surface area contributed by atoms with E-state index in [-0.39, 0.29) is 5.91 Å². The maximum atomic E-state index is 11.8. The Morgan fingerprint density at radius 1 is 1.45 bits per heavy atom. The van der Waals surface area contributed by atoms with Gasteiger partial charge in [-0.25, -0.2) is 0 Å². The summed E-state index contributed by atoms with van der Waals surface area (Å²) in [5.41, 5.74) is 6.26. The minimum Gasteiger partial charge on any atom is -0.368 e. The van der Waals surface area contributed by atoms with Crippen LogP contribution in [0.4, 0.5) is 0 Å². The molecule has 2 rings (SSSR count). The van der Waals surface area contributed by atoms with Crippen molar-refractivity contribution in [2.24, 2.45) is 5.73 Å². The van der Waals surface area contributed by atoms with E-state index in [1.165, 1.54) is 10.5 Å². The molecule has 0 bridgehead atoms. The molecule has 1 aromatic rings. The minimum absolute atomic E-state index is 0.249. The van der Waals surface area contributed by atoms with E-state index in [0.717, 1.165) is 19.3 Å². The molecule has 3 N–H and O–H groups in total. The smallest absolute Gasteiger partial charge is 0.237 e. The van der Waals surface area contributed by atoms with Gasteiger partial charge in [0.2, 0.25) is 5.91 Å². The standard InChI is InChI=1S/C16H24N2OS/c1-11-4-8-14(9-5-11)20-12(2)10-16(3,15(17)19)18-13-6-7-13/h4-5,8-9,12-13,18H,6-7,10H2,1-3H3,(H2,17,19). The Bertz CT molecular complexity index is 470. The molecule has 1 aliphatic carbocycles. The van der Waals surface area contributed by atoms with Crippen molar-refractivity contribution in [1.82, 2.24) is 5.32 Å². The minimum atomic E-state index is -0.599. The van der Waals surface area contributed by atoms with Crippen LogP contribution in [0.1, 0.15) is 38.7 Å². The Balaban J connectivity index is 1.95. The summed E-state index contributed by atoms with van der Waals surface area (Å²) in [6.45, 7) is 6.17. The second kappa shape index (κ2) is 6.19. The van der Waals surface area contributed by atoms with E-state index in [4.69, 9.17) is 5.73 Å². The molecule has 2 atom stereocenters. The van der Waals surface area contributed by atoms with E-state index in [1.54, 1.807) is 11.8 Å². The summed E-state index contributed by atoms with van der Waals surface area (Å²) in [4.78, 5) is 13.0. The number of primary amides is 1. The topological polar surface area (TPSA) is 55.1 Å². The van der Waals surface area contributed by atoms with Gasteiger partial charge in [0.1, 0.15) is 0 Å². The number of carbonyl (C=O) groups is 1. The van der Waals surface area contributed by atoms with E-state index in [9.17, 15) is 4.79 Å². The number of rotatable bonds is 7. The summed E-state index contributed by atoms with van der Waals surface area (Å²) in [6.07, 6.45) is 3.06. The van der Waals surface area contributed by atoms with Crippen LogP contribution in [0, 0.1) is 6.92 Å². The molecule has 1 amide bonds. The monoisotopic (exact) mass is 292 g/mol. The van der Waals surface area contributed by atoms with E-state index in [1.807, 2.05) is 6.92 Å². The molecule has 0 radical (unpaired) electrons. The molecule has 4 heteroatoms. The molecule has 3 nitrogen and oxygen atoms in total. The highest BCUT2D eigenvalue weighted by Crippen LogP contribution is 2.31. The van der Waals surface area contributed by atoms with Crippen LogP contribution in [-0.2, 0) is 4.79 Å². The lowest BCUT2D eigenvalue weighted by molar-refractivity contribution is -0.124. The molecule has 1 fully saturated rings. The van der Waals surface area contributed by atoms with E-state index in [0.29, 0.717) is 11.3 Å². The Hall–Kier alpha value is -1.00. The van der Waals surface area contributed by atoms with Gasteiger partial charge in [0.15, 0.2) is 0 Å². The Morgan fingerprint density at radius 3 is 2.55 bits per heavy atom. The Labute approximate surface area is 125 Å². The van der Waals surface area contributed by atoms with Crippen LogP contribution < -0.4 is 11.1 Å². The fourth-order valence-electron chi connectivity index (χ4n) is 2.37. The number of nitrogens with two attached hydrogens (primary N) is 1. The van der Waals surface area contributed by atoms with Crippen molar-refractivity contribution in [3.8, 4) is 0 Å². The molecule has 1 aliphatic rings. The fourth-order valence-corrected chi connectivity index (χ4v) is 3.55. The summed E-state index contributed by atoms with van der Waals surface area (Å²) in [5, 5.41) is 3.74. The van der Waals surface area contributed by atoms with Gasteiger partial charge in [-0.1, -0.05) is 24.6 Å². The summed E-state index contributed by atoms with van der Waals surface area (Å²) in [6, 6.07) is 8.97. The van der Waals surface area contributed by atoms with E-state index >= 15 is 0 Å². The third-order valence-electron chi connectivity index (χ3n) is 3.70. The highest BCUT2D eigenvalue weighted by atomic mass is 32.2. The number of benzene rings is 1. The van der Waals surface area contributed by atoms with Gasteiger partial charge in [0.25, 0.3) is 0 Å². The van der Waals surface area contributed by atoms with Crippen LogP contribution in [-0.4, -0.2) is 22.7 Å². The molecule has 0 saturated heterocycles. The van der Waals surface area contributed by atoms with Crippen molar-refractivity contribution in [3.05, 3.63) is 29.8 Å². The summed E-state index contributed by atoms with van der Waals surface area (Å²) >= 11 is 1.80. The lowest BCUT2D eigenvalue weighted by Gasteiger charge is -2.30. The number of aryl methyl sites for hydroxylation is 1. The first-order chi connectivity index (χ1) is 9.39. The van der Waals surface area contributed by atoms with Crippen molar-refractivity contribution < 1.29 is 4.79 Å². The first-order valence-corrected chi connectivity index (χ1v) is 8.08. The number of thioether (sulfide) groups is 1. The van der Waals surface area contributed by atoms with Crippen LogP contribution in [0.15, 0.2) is 29.2 Å². The maximum Gasteiger partial charge on any atom is 0.237 e. The highest BCUT2D eigenvalue weighted by molar-refractivity contribution is 7.99. The van der Waals surface area contributed by atoms with Gasteiger partial charge in [-0.2, -0.15) is 0 Å². The SMILES string of the molecule is Cc1ccc(SC(C)CC(C)(NC2CC2)C(N)=O)cc1. The van der Waals surface area contributed by atoms with E-state index in [2.05, 4.69) is 43.4 Å². The molecule has 1 saturated carbocycles. The predicted octanol–water partition coefficient (Wildman–Crippen LogP) is 2.86. The van der Waals surface area contributed by atoms with Crippen LogP contribution in [0.2, 0.25) is 0 Å². The number of hydrogen-bond acceptors (Lipinski definition) is 3.